The number of rotatable bonds is 12. The summed E-state index contributed by atoms with van der Waals surface area (Å²) in [4.78, 5) is 0. The average Bonchev–Trinajstić information content (AvgIpc) is 2.38. The van der Waals surface area contributed by atoms with Crippen LogP contribution in [0.4, 0.5) is 0 Å². The molecule has 0 atom stereocenters. The van der Waals surface area contributed by atoms with E-state index < -0.39 is 0 Å². The van der Waals surface area contributed by atoms with Crippen molar-refractivity contribution < 1.29 is 27.3 Å². The molecule has 0 radical (unpaired) electrons. The fraction of sp³-hybridized carbons (Fsp3) is 0.875. The van der Waals surface area contributed by atoms with Gasteiger partial charge in [-0.1, -0.05) is 65.2 Å². The normalized spacial score (nSPS) is 9.24. The van der Waals surface area contributed by atoms with Gasteiger partial charge in [0.05, 0.1) is 0 Å². The van der Waals surface area contributed by atoms with Crippen molar-refractivity contribution in [2.75, 3.05) is 0 Å². The van der Waals surface area contributed by atoms with Crippen molar-refractivity contribution in [3.63, 3.8) is 0 Å². The third kappa shape index (κ3) is 33.2. The van der Waals surface area contributed by atoms with Crippen molar-refractivity contribution in [1.29, 1.82) is 0 Å². The number of thiocarbonyl (C=S) groups is 2. The van der Waals surface area contributed by atoms with Crippen molar-refractivity contribution >= 4 is 34.5 Å². The van der Waals surface area contributed by atoms with Gasteiger partial charge in [-0.2, -0.15) is 0 Å². The molecule has 0 saturated heterocycles. The monoisotopic (exact) mass is 376 g/mol. The molecule has 0 rings (SSSR count). The first-order valence-electron chi connectivity index (χ1n) is 7.98. The maximum absolute atomic E-state index is 8.64. The van der Waals surface area contributed by atoms with Gasteiger partial charge >= 0.3 is 0 Å². The van der Waals surface area contributed by atoms with Gasteiger partial charge in [0.25, 0.3) is 0 Å². The van der Waals surface area contributed by atoms with Crippen molar-refractivity contribution in [1.82, 2.24) is 0 Å². The van der Waals surface area contributed by atoms with E-state index in [1.807, 2.05) is 0 Å². The molecule has 0 fully saturated rings. The Morgan fingerprint density at radius 2 is 0.905 bits per heavy atom. The van der Waals surface area contributed by atoms with E-state index in [2.05, 4.69) is 38.3 Å². The first-order valence-corrected chi connectivity index (χ1v) is 8.79. The molecule has 0 spiro atoms. The third-order valence-electron chi connectivity index (χ3n) is 2.99. The van der Waals surface area contributed by atoms with Crippen LogP contribution in [-0.2, 0) is 17.1 Å². The molecule has 2 N–H and O–H groups in total. The molecular weight excluding hydrogens is 344 g/mol. The van der Waals surface area contributed by atoms with E-state index in [9.17, 15) is 0 Å². The molecule has 0 aliphatic carbocycles. The summed E-state index contributed by atoms with van der Waals surface area (Å²) < 4.78 is 0. The van der Waals surface area contributed by atoms with Crippen LogP contribution in [0.2, 0.25) is 0 Å². The van der Waals surface area contributed by atoms with E-state index in [0.29, 0.717) is 12.8 Å². The van der Waals surface area contributed by atoms with Crippen LogP contribution in [-0.4, -0.2) is 20.3 Å². The first kappa shape index (κ1) is 26.2. The van der Waals surface area contributed by atoms with Crippen molar-refractivity contribution in [3.8, 4) is 0 Å². The molecule has 0 aromatic heterocycles. The summed E-state index contributed by atoms with van der Waals surface area (Å²) >= 11 is 9.06. The SMILES string of the molecule is CCCCCCCC(O)=S.CCCCCCCC(O)=S.[Fe]. The third-order valence-corrected chi connectivity index (χ3v) is 3.40. The van der Waals surface area contributed by atoms with Gasteiger partial charge in [0.1, 0.15) is 0 Å². The molecule has 21 heavy (non-hydrogen) atoms. The summed E-state index contributed by atoms with van der Waals surface area (Å²) in [6.45, 7) is 4.38. The largest absolute Gasteiger partial charge is 0.502 e. The second-order valence-corrected chi connectivity index (χ2v) is 6.06. The Kier molecular flexibility index (Phi) is 28.2. The number of hydrogen-bond donors (Lipinski definition) is 2. The molecule has 5 heteroatoms. The smallest absolute Gasteiger partial charge is 0.156 e. The second-order valence-electron chi connectivity index (χ2n) is 5.12. The summed E-state index contributed by atoms with van der Waals surface area (Å²) in [5.41, 5.74) is 0. The molecule has 2 nitrogen and oxygen atoms in total. The second kappa shape index (κ2) is 22.6. The van der Waals surface area contributed by atoms with E-state index in [1.165, 1.54) is 51.4 Å². The van der Waals surface area contributed by atoms with Gasteiger partial charge in [0.2, 0.25) is 0 Å². The topological polar surface area (TPSA) is 40.5 Å². The Morgan fingerprint density at radius 1 is 0.619 bits per heavy atom. The van der Waals surface area contributed by atoms with Gasteiger partial charge < -0.3 is 10.2 Å². The van der Waals surface area contributed by atoms with Gasteiger partial charge in [-0.15, -0.1) is 0 Å². The zero-order valence-corrected chi connectivity index (χ0v) is 16.3. The van der Waals surface area contributed by atoms with Crippen LogP contribution in [0.5, 0.6) is 0 Å². The number of aliphatic hydroxyl groups excluding tert-OH is 2. The maximum atomic E-state index is 8.64. The zero-order valence-electron chi connectivity index (χ0n) is 13.5. The van der Waals surface area contributed by atoms with E-state index >= 15 is 0 Å². The predicted octanol–water partition coefficient (Wildman–Crippen LogP) is 6.46. The Bertz CT molecular complexity index is 212. The van der Waals surface area contributed by atoms with E-state index in [0.717, 1.165) is 12.8 Å². The van der Waals surface area contributed by atoms with Crippen molar-refractivity contribution in [2.45, 2.75) is 90.9 Å². The molecule has 0 aromatic carbocycles. The first-order chi connectivity index (χ1) is 9.54. The van der Waals surface area contributed by atoms with Crippen LogP contribution in [0, 0.1) is 0 Å². The fourth-order valence-corrected chi connectivity index (χ4v) is 2.05. The molecule has 0 saturated carbocycles. The molecule has 0 unspecified atom stereocenters. The van der Waals surface area contributed by atoms with Crippen molar-refractivity contribution in [3.05, 3.63) is 0 Å². The maximum Gasteiger partial charge on any atom is 0.156 e. The number of hydrogen-bond acceptors (Lipinski definition) is 2. The van der Waals surface area contributed by atoms with Crippen molar-refractivity contribution in [2.24, 2.45) is 0 Å². The van der Waals surface area contributed by atoms with E-state index in [4.69, 9.17) is 10.2 Å². The van der Waals surface area contributed by atoms with Crippen LogP contribution in [0.25, 0.3) is 0 Å². The van der Waals surface area contributed by atoms with Gasteiger partial charge in [0.15, 0.2) is 10.1 Å². The fourth-order valence-electron chi connectivity index (χ4n) is 1.76. The van der Waals surface area contributed by atoms with E-state index in [1.54, 1.807) is 0 Å². The quantitative estimate of drug-likeness (QED) is 0.233. The molecule has 128 valence electrons. The van der Waals surface area contributed by atoms with Crippen LogP contribution in [0.3, 0.4) is 0 Å². The van der Waals surface area contributed by atoms with Crippen LogP contribution in [0.1, 0.15) is 90.9 Å². The van der Waals surface area contributed by atoms with Crippen LogP contribution < -0.4 is 0 Å². The molecule has 0 heterocycles. The predicted molar refractivity (Wildman–Crippen MR) is 97.2 cm³/mol. The summed E-state index contributed by atoms with van der Waals surface area (Å²) in [5.74, 6) is 0. The Morgan fingerprint density at radius 3 is 1.14 bits per heavy atom. The molecule has 0 aliphatic rings. The molecule has 0 amide bonds. The zero-order chi connectivity index (χ0) is 15.6. The Hall–Kier alpha value is 0.299. The Labute approximate surface area is 152 Å². The van der Waals surface area contributed by atoms with Gasteiger partial charge in [-0.3, -0.25) is 0 Å². The summed E-state index contributed by atoms with van der Waals surface area (Å²) in [6.07, 6.45) is 13.6. The standard InChI is InChI=1S/2C8H16OS.Fe/c2*1-2-3-4-5-6-7-8(9)10;/h2*2-7H2,1H3,(H,9,10);. The minimum Gasteiger partial charge on any atom is -0.502 e. The minimum absolute atomic E-state index is 0. The molecular formula is C16H32FeO2S2. The summed E-state index contributed by atoms with van der Waals surface area (Å²) in [7, 11) is 0. The van der Waals surface area contributed by atoms with E-state index in [-0.39, 0.29) is 27.2 Å². The van der Waals surface area contributed by atoms with Gasteiger partial charge in [0, 0.05) is 29.9 Å². The molecule has 0 bridgehead atoms. The molecule has 0 aromatic rings. The van der Waals surface area contributed by atoms with Crippen LogP contribution in [0.15, 0.2) is 0 Å². The minimum atomic E-state index is 0. The number of aliphatic hydroxyl groups is 2. The van der Waals surface area contributed by atoms with Gasteiger partial charge in [-0.05, 0) is 37.3 Å². The van der Waals surface area contributed by atoms with Crippen LogP contribution >= 0.6 is 24.4 Å². The summed E-state index contributed by atoms with van der Waals surface area (Å²) in [6, 6.07) is 0. The molecule has 0 aliphatic heterocycles. The summed E-state index contributed by atoms with van der Waals surface area (Å²) in [5, 5.41) is 17.6. The van der Waals surface area contributed by atoms with Gasteiger partial charge in [-0.25, -0.2) is 0 Å². The number of unbranched alkanes of at least 4 members (excludes halogenated alkanes) is 8. The average molecular weight is 376 g/mol. The Balaban J connectivity index is -0.000000295.